The summed E-state index contributed by atoms with van der Waals surface area (Å²) in [5.41, 5.74) is 3.40. The quantitative estimate of drug-likeness (QED) is 0.616. The summed E-state index contributed by atoms with van der Waals surface area (Å²) < 4.78 is 0. The Morgan fingerprint density at radius 2 is 1.91 bits per heavy atom. The van der Waals surface area contributed by atoms with Crippen LogP contribution in [0.1, 0.15) is 69.9 Å². The van der Waals surface area contributed by atoms with Gasteiger partial charge in [0, 0.05) is 37.7 Å². The van der Waals surface area contributed by atoms with Gasteiger partial charge in [0.05, 0.1) is 12.3 Å². The Labute approximate surface area is 192 Å². The van der Waals surface area contributed by atoms with Gasteiger partial charge >= 0.3 is 0 Å². The summed E-state index contributed by atoms with van der Waals surface area (Å²) in [5.74, 6) is 1.34. The Morgan fingerprint density at radius 1 is 1.16 bits per heavy atom. The van der Waals surface area contributed by atoms with Gasteiger partial charge in [-0.25, -0.2) is 4.98 Å². The molecule has 1 aromatic heterocycles. The van der Waals surface area contributed by atoms with Crippen molar-refractivity contribution in [1.82, 2.24) is 9.97 Å². The molecule has 0 saturated carbocycles. The summed E-state index contributed by atoms with van der Waals surface area (Å²) in [6.07, 6.45) is 11.2. The summed E-state index contributed by atoms with van der Waals surface area (Å²) in [6, 6.07) is 7.82. The second-order valence-corrected chi connectivity index (χ2v) is 8.37. The van der Waals surface area contributed by atoms with Crippen molar-refractivity contribution in [3.63, 3.8) is 0 Å². The van der Waals surface area contributed by atoms with Crippen LogP contribution >= 0.6 is 0 Å². The molecule has 2 heterocycles. The van der Waals surface area contributed by atoms with Crippen molar-refractivity contribution in [3.05, 3.63) is 41.5 Å². The third-order valence-corrected chi connectivity index (χ3v) is 5.92. The van der Waals surface area contributed by atoms with Crippen LogP contribution in [0, 0.1) is 0 Å². The number of aromatic nitrogens is 2. The van der Waals surface area contributed by atoms with Gasteiger partial charge in [0.1, 0.15) is 5.82 Å². The zero-order valence-electron chi connectivity index (χ0n) is 19.7. The van der Waals surface area contributed by atoms with Crippen molar-refractivity contribution in [2.45, 2.75) is 65.4 Å². The lowest BCUT2D eigenvalue weighted by atomic mass is 10.0. The zero-order chi connectivity index (χ0) is 22.9. The predicted molar refractivity (Wildman–Crippen MR) is 132 cm³/mol. The van der Waals surface area contributed by atoms with Gasteiger partial charge in [-0.05, 0) is 30.9 Å². The Bertz CT molecular complexity index is 933. The minimum atomic E-state index is -0.0278. The predicted octanol–water partition coefficient (Wildman–Crippen LogP) is 5.20. The SMILES string of the molecule is CCC/C=C/c1c(-c2cccc(CO)c2)nc(N2CCCCCC2)nc1N(C)C(=O)CC. The van der Waals surface area contributed by atoms with Gasteiger partial charge in [-0.15, -0.1) is 0 Å². The summed E-state index contributed by atoms with van der Waals surface area (Å²) >= 11 is 0. The number of rotatable bonds is 8. The van der Waals surface area contributed by atoms with E-state index in [1.165, 1.54) is 12.8 Å². The molecule has 0 aliphatic carbocycles. The van der Waals surface area contributed by atoms with Crippen LogP contribution in [-0.4, -0.2) is 41.1 Å². The molecule has 6 heteroatoms. The van der Waals surface area contributed by atoms with E-state index in [0.717, 1.165) is 61.2 Å². The van der Waals surface area contributed by atoms with Crippen LogP contribution in [0.25, 0.3) is 17.3 Å². The number of carbonyl (C=O) groups is 1. The number of allylic oxidation sites excluding steroid dienone is 1. The molecule has 1 N–H and O–H groups in total. The number of unbranched alkanes of at least 4 members (excludes halogenated alkanes) is 1. The first-order chi connectivity index (χ1) is 15.6. The average Bonchev–Trinajstić information content (AvgIpc) is 3.13. The second kappa shape index (κ2) is 11.8. The lowest BCUT2D eigenvalue weighted by Gasteiger charge is -2.25. The molecule has 6 nitrogen and oxygen atoms in total. The fourth-order valence-electron chi connectivity index (χ4n) is 4.03. The smallest absolute Gasteiger partial charge is 0.227 e. The number of amides is 1. The van der Waals surface area contributed by atoms with Crippen LogP contribution in [0.15, 0.2) is 30.3 Å². The highest BCUT2D eigenvalue weighted by molar-refractivity contribution is 5.95. The molecule has 172 valence electrons. The van der Waals surface area contributed by atoms with Crippen molar-refractivity contribution >= 4 is 23.7 Å². The number of anilines is 2. The molecule has 32 heavy (non-hydrogen) atoms. The number of aliphatic hydroxyl groups is 1. The topological polar surface area (TPSA) is 69.6 Å². The van der Waals surface area contributed by atoms with Crippen molar-refractivity contribution in [2.24, 2.45) is 0 Å². The first kappa shape index (κ1) is 23.9. The van der Waals surface area contributed by atoms with E-state index in [9.17, 15) is 9.90 Å². The standard InChI is InChI=1S/C26H36N4O2/c1-4-6-9-15-22-24(21-14-12-13-20(18-21)19-31)27-26(30-16-10-7-8-11-17-30)28-25(22)29(3)23(32)5-2/h9,12-15,18,31H,4-8,10-11,16-17,19H2,1-3H3/b15-9+. The first-order valence-corrected chi connectivity index (χ1v) is 11.9. The molecule has 1 fully saturated rings. The fraction of sp³-hybridized carbons (Fsp3) is 0.500. The summed E-state index contributed by atoms with van der Waals surface area (Å²) in [4.78, 5) is 26.6. The molecule has 3 rings (SSSR count). The molecule has 0 radical (unpaired) electrons. The van der Waals surface area contributed by atoms with Gasteiger partial charge in [0.25, 0.3) is 0 Å². The molecular formula is C26H36N4O2. The molecule has 0 spiro atoms. The minimum Gasteiger partial charge on any atom is -0.392 e. The zero-order valence-corrected chi connectivity index (χ0v) is 19.7. The number of benzene rings is 1. The van der Waals surface area contributed by atoms with Gasteiger partial charge in [-0.2, -0.15) is 4.98 Å². The van der Waals surface area contributed by atoms with Gasteiger partial charge < -0.3 is 10.0 Å². The Balaban J connectivity index is 2.23. The highest BCUT2D eigenvalue weighted by Gasteiger charge is 2.23. The molecule has 0 bridgehead atoms. The van der Waals surface area contributed by atoms with Crippen LogP contribution in [0.2, 0.25) is 0 Å². The number of hydrogen-bond donors (Lipinski definition) is 1. The summed E-state index contributed by atoms with van der Waals surface area (Å²) in [5, 5.41) is 9.68. The molecule has 1 aliphatic heterocycles. The Morgan fingerprint density at radius 3 is 2.56 bits per heavy atom. The molecule has 1 aliphatic rings. The highest BCUT2D eigenvalue weighted by Crippen LogP contribution is 2.33. The van der Waals surface area contributed by atoms with Crippen LogP contribution in [0.5, 0.6) is 0 Å². The maximum absolute atomic E-state index is 12.7. The van der Waals surface area contributed by atoms with E-state index in [-0.39, 0.29) is 12.5 Å². The van der Waals surface area contributed by atoms with Gasteiger partial charge in [-0.1, -0.05) is 63.5 Å². The molecule has 0 unspecified atom stereocenters. The second-order valence-electron chi connectivity index (χ2n) is 8.37. The van der Waals surface area contributed by atoms with E-state index >= 15 is 0 Å². The maximum Gasteiger partial charge on any atom is 0.227 e. The fourth-order valence-corrected chi connectivity index (χ4v) is 4.03. The molecular weight excluding hydrogens is 400 g/mol. The molecule has 1 aromatic carbocycles. The van der Waals surface area contributed by atoms with Gasteiger partial charge in [0.15, 0.2) is 0 Å². The summed E-state index contributed by atoms with van der Waals surface area (Å²) in [6.45, 7) is 5.83. The molecule has 1 saturated heterocycles. The largest absolute Gasteiger partial charge is 0.392 e. The Hall–Kier alpha value is -2.73. The van der Waals surface area contributed by atoms with E-state index in [2.05, 4.69) is 17.9 Å². The van der Waals surface area contributed by atoms with Crippen LogP contribution in [0.4, 0.5) is 11.8 Å². The van der Waals surface area contributed by atoms with Crippen molar-refractivity contribution in [1.29, 1.82) is 0 Å². The van der Waals surface area contributed by atoms with Crippen molar-refractivity contribution < 1.29 is 9.90 Å². The van der Waals surface area contributed by atoms with Crippen molar-refractivity contribution in [2.75, 3.05) is 29.9 Å². The molecule has 0 atom stereocenters. The molecule has 1 amide bonds. The number of carbonyl (C=O) groups excluding carboxylic acids is 1. The number of nitrogens with zero attached hydrogens (tertiary/aromatic N) is 4. The highest BCUT2D eigenvalue weighted by atomic mass is 16.3. The third kappa shape index (κ3) is 5.74. The lowest BCUT2D eigenvalue weighted by molar-refractivity contribution is -0.118. The van der Waals surface area contributed by atoms with E-state index in [4.69, 9.17) is 9.97 Å². The van der Waals surface area contributed by atoms with Crippen LogP contribution in [-0.2, 0) is 11.4 Å². The lowest BCUT2D eigenvalue weighted by Crippen LogP contribution is -2.30. The van der Waals surface area contributed by atoms with Crippen LogP contribution < -0.4 is 9.80 Å². The number of hydrogen-bond acceptors (Lipinski definition) is 5. The van der Waals surface area contributed by atoms with Gasteiger partial charge in [0.2, 0.25) is 11.9 Å². The first-order valence-electron chi connectivity index (χ1n) is 11.9. The third-order valence-electron chi connectivity index (χ3n) is 5.92. The monoisotopic (exact) mass is 436 g/mol. The molecule has 2 aromatic rings. The average molecular weight is 437 g/mol. The summed E-state index contributed by atoms with van der Waals surface area (Å²) in [7, 11) is 1.80. The number of aliphatic hydroxyl groups excluding tert-OH is 1. The normalized spacial score (nSPS) is 14.6. The van der Waals surface area contributed by atoms with E-state index in [0.29, 0.717) is 18.2 Å². The van der Waals surface area contributed by atoms with E-state index < -0.39 is 0 Å². The van der Waals surface area contributed by atoms with Gasteiger partial charge in [-0.3, -0.25) is 9.69 Å². The van der Waals surface area contributed by atoms with E-state index in [1.807, 2.05) is 37.3 Å². The maximum atomic E-state index is 12.7. The van der Waals surface area contributed by atoms with E-state index in [1.54, 1.807) is 11.9 Å². The Kier molecular flexibility index (Phi) is 8.80. The van der Waals surface area contributed by atoms with Crippen molar-refractivity contribution in [3.8, 4) is 11.3 Å². The minimum absolute atomic E-state index is 0.0192. The van der Waals surface area contributed by atoms with Crippen LogP contribution in [0.3, 0.4) is 0 Å².